The number of carbonyl (C=O) groups excluding carboxylic acids is 5. The van der Waals surface area contributed by atoms with Gasteiger partial charge in [-0.3, -0.25) is 34.0 Å². The Labute approximate surface area is 375 Å². The van der Waals surface area contributed by atoms with Gasteiger partial charge in [0.25, 0.3) is 5.91 Å². The standard InChI is InChI=1S/C49H64N8O7/c1-10-56-40-16-15-31-23-35(40)36(44(56)34-13-11-17-50-42(34)28(2)3)24-49(6,7)27-64-48(63)37-14-12-18-57(53-37)47(62)38(21-30-19-32(31)22-33(58)20-30)52-45(60)43(29(4)5)55(9)41(59)26-54(8)46(61)39-25-51-39/h11,13,15-17,19-20,22-23,28-29,37-39,43,51,53,58H,10,12,14,18,21,24-27H2,1-9H3,(H,52,60)/t37-,38-,39+,43-/m0/s1. The number of phenols is 1. The van der Waals surface area contributed by atoms with E-state index in [1.54, 1.807) is 19.2 Å². The number of hydrazine groups is 1. The van der Waals surface area contributed by atoms with Gasteiger partial charge in [-0.2, -0.15) is 0 Å². The van der Waals surface area contributed by atoms with Crippen LogP contribution in [-0.2, 0) is 48.1 Å². The number of aromatic nitrogens is 2. The van der Waals surface area contributed by atoms with E-state index in [0.717, 1.165) is 44.5 Å². The summed E-state index contributed by atoms with van der Waals surface area (Å²) in [5, 5.41) is 19.6. The molecular formula is C49H64N8O7. The van der Waals surface area contributed by atoms with Crippen molar-refractivity contribution in [2.45, 2.75) is 111 Å². The van der Waals surface area contributed by atoms with Crippen molar-refractivity contribution in [3.63, 3.8) is 0 Å². The highest BCUT2D eigenvalue weighted by Crippen LogP contribution is 2.42. The highest BCUT2D eigenvalue weighted by molar-refractivity contribution is 5.96. The maximum atomic E-state index is 14.6. The molecule has 4 aromatic rings. The third-order valence-electron chi connectivity index (χ3n) is 12.7. The number of cyclic esters (lactones) is 1. The van der Waals surface area contributed by atoms with Crippen LogP contribution in [0.2, 0.25) is 0 Å². The largest absolute Gasteiger partial charge is 0.508 e. The van der Waals surface area contributed by atoms with E-state index in [-0.39, 0.29) is 55.7 Å². The second-order valence-electron chi connectivity index (χ2n) is 19.2. The number of hydrogen-bond acceptors (Lipinski definition) is 10. The number of carbonyl (C=O) groups is 5. The first-order valence-electron chi connectivity index (χ1n) is 22.6. The number of amides is 4. The van der Waals surface area contributed by atoms with Crippen LogP contribution in [0.1, 0.15) is 84.0 Å². The minimum atomic E-state index is -1.16. The lowest BCUT2D eigenvalue weighted by Crippen LogP contribution is -2.62. The van der Waals surface area contributed by atoms with E-state index in [9.17, 15) is 29.1 Å². The van der Waals surface area contributed by atoms with Crippen LogP contribution in [0.5, 0.6) is 5.75 Å². The van der Waals surface area contributed by atoms with Gasteiger partial charge < -0.3 is 34.8 Å². The van der Waals surface area contributed by atoms with E-state index in [0.29, 0.717) is 37.9 Å². The van der Waals surface area contributed by atoms with Crippen LogP contribution < -0.4 is 16.1 Å². The van der Waals surface area contributed by atoms with Crippen LogP contribution in [0.15, 0.2) is 54.7 Å². The number of fused-ring (bicyclic) bond motifs is 6. The van der Waals surface area contributed by atoms with Crippen LogP contribution in [0, 0.1) is 11.3 Å². The Balaban J connectivity index is 1.31. The number of esters is 1. The molecule has 0 saturated carbocycles. The van der Waals surface area contributed by atoms with Gasteiger partial charge in [0.2, 0.25) is 17.7 Å². The van der Waals surface area contributed by atoms with Gasteiger partial charge in [0.1, 0.15) is 23.9 Å². The van der Waals surface area contributed by atoms with Gasteiger partial charge in [-0.25, -0.2) is 5.43 Å². The number of likely N-dealkylation sites (N-methyl/N-ethyl adjacent to an activating group) is 2. The summed E-state index contributed by atoms with van der Waals surface area (Å²) in [6, 6.07) is 12.3. The zero-order valence-electron chi connectivity index (χ0n) is 38.7. The van der Waals surface area contributed by atoms with E-state index in [1.807, 2.05) is 38.2 Å². The van der Waals surface area contributed by atoms with E-state index < -0.39 is 47.2 Å². The first-order valence-corrected chi connectivity index (χ1v) is 22.6. The SMILES string of the molecule is CCn1c(-c2cccnc2C(C)C)c2c3cc(ccc31)-c1cc(O)cc(c1)C[C@H](NC(=O)[C@H](C(C)C)N(C)C(=O)CN(C)C(=O)[C@H]1CN1)C(=O)N1CCC[C@H](N1)C(=O)OCC(C)(C)C2. The molecule has 0 radical (unpaired) electrons. The quantitative estimate of drug-likeness (QED) is 0.128. The Morgan fingerprint density at radius 3 is 2.48 bits per heavy atom. The summed E-state index contributed by atoms with van der Waals surface area (Å²) in [5.74, 6) is -2.34. The van der Waals surface area contributed by atoms with Crippen LogP contribution in [-0.4, -0.2) is 124 Å². The Bertz CT molecular complexity index is 2440. The molecule has 3 aliphatic heterocycles. The molecule has 5 heterocycles. The molecule has 0 spiro atoms. The molecule has 2 saturated heterocycles. The maximum Gasteiger partial charge on any atom is 0.324 e. The Kier molecular flexibility index (Phi) is 13.5. The summed E-state index contributed by atoms with van der Waals surface area (Å²) in [7, 11) is 3.08. The molecule has 64 heavy (non-hydrogen) atoms. The monoisotopic (exact) mass is 876 g/mol. The van der Waals surface area contributed by atoms with E-state index in [4.69, 9.17) is 9.72 Å². The normalized spacial score (nSPS) is 20.4. The first-order chi connectivity index (χ1) is 30.4. The summed E-state index contributed by atoms with van der Waals surface area (Å²) < 4.78 is 8.42. The summed E-state index contributed by atoms with van der Waals surface area (Å²) in [4.78, 5) is 76.6. The minimum absolute atomic E-state index is 0.00556. The number of nitrogens with zero attached hydrogens (tertiary/aromatic N) is 5. The van der Waals surface area contributed by atoms with Gasteiger partial charge in [0.05, 0.1) is 30.6 Å². The molecule has 2 aromatic carbocycles. The minimum Gasteiger partial charge on any atom is -0.508 e. The smallest absolute Gasteiger partial charge is 0.324 e. The molecule has 342 valence electrons. The predicted molar refractivity (Wildman–Crippen MR) is 245 cm³/mol. The molecule has 4 atom stereocenters. The summed E-state index contributed by atoms with van der Waals surface area (Å²) in [5.41, 5.74) is 10.0. The van der Waals surface area contributed by atoms with Crippen LogP contribution in [0.25, 0.3) is 33.3 Å². The molecule has 3 aliphatic rings. The van der Waals surface area contributed by atoms with E-state index in [2.05, 4.69) is 73.4 Å². The fourth-order valence-electron chi connectivity index (χ4n) is 9.32. The number of hydrogen-bond donors (Lipinski definition) is 4. The van der Waals surface area contributed by atoms with E-state index in [1.165, 1.54) is 21.9 Å². The fraction of sp³-hybridized carbons (Fsp3) is 0.510. The van der Waals surface area contributed by atoms with Crippen molar-refractivity contribution in [3.8, 4) is 28.1 Å². The zero-order chi connectivity index (χ0) is 46.2. The predicted octanol–water partition coefficient (Wildman–Crippen LogP) is 4.78. The topological polar surface area (TPSA) is 188 Å². The molecule has 15 nitrogen and oxygen atoms in total. The molecule has 7 rings (SSSR count). The molecule has 4 amide bonds. The molecule has 0 aliphatic carbocycles. The van der Waals surface area contributed by atoms with E-state index >= 15 is 0 Å². The second kappa shape index (κ2) is 18.7. The Morgan fingerprint density at radius 2 is 1.80 bits per heavy atom. The number of nitrogens with one attached hydrogen (secondary N) is 3. The van der Waals surface area contributed by atoms with Gasteiger partial charge >= 0.3 is 5.97 Å². The van der Waals surface area contributed by atoms with Crippen LogP contribution >= 0.6 is 0 Å². The van der Waals surface area contributed by atoms with Crippen LogP contribution in [0.3, 0.4) is 0 Å². The lowest BCUT2D eigenvalue weighted by Gasteiger charge is -2.37. The van der Waals surface area contributed by atoms with Gasteiger partial charge in [-0.05, 0) is 96.7 Å². The zero-order valence-corrected chi connectivity index (χ0v) is 38.7. The Hall–Kier alpha value is -5.80. The van der Waals surface area contributed by atoms with Crippen molar-refractivity contribution < 1.29 is 33.8 Å². The number of pyridine rings is 1. The lowest BCUT2D eigenvalue weighted by atomic mass is 9.83. The number of rotatable bonds is 10. The average Bonchev–Trinajstić information content (AvgIpc) is 4.07. The molecule has 6 bridgehead atoms. The van der Waals surface area contributed by atoms with Crippen molar-refractivity contribution in [1.29, 1.82) is 0 Å². The molecule has 0 unspecified atom stereocenters. The summed E-state index contributed by atoms with van der Waals surface area (Å²) in [6.07, 6.45) is 3.36. The molecule has 15 heteroatoms. The van der Waals surface area contributed by atoms with Crippen molar-refractivity contribution >= 4 is 40.5 Å². The lowest BCUT2D eigenvalue weighted by molar-refractivity contribution is -0.155. The summed E-state index contributed by atoms with van der Waals surface area (Å²) in [6.45, 7) is 15.7. The third kappa shape index (κ3) is 9.80. The highest BCUT2D eigenvalue weighted by atomic mass is 16.5. The maximum absolute atomic E-state index is 14.6. The Morgan fingerprint density at radius 1 is 1.05 bits per heavy atom. The van der Waals surface area contributed by atoms with Crippen molar-refractivity contribution in [1.82, 2.24) is 40.4 Å². The molecule has 2 aromatic heterocycles. The van der Waals surface area contributed by atoms with Crippen molar-refractivity contribution in [2.24, 2.45) is 11.3 Å². The average molecular weight is 877 g/mol. The number of phenolic OH excluding ortho intramolecular Hbond substituents is 1. The van der Waals surface area contributed by atoms with Gasteiger partial charge in [-0.1, -0.05) is 53.7 Å². The molecule has 4 N–H and O–H groups in total. The van der Waals surface area contributed by atoms with Crippen molar-refractivity contribution in [3.05, 3.63) is 71.5 Å². The first kappa shape index (κ1) is 46.2. The third-order valence-corrected chi connectivity index (χ3v) is 12.7. The fourth-order valence-corrected chi connectivity index (χ4v) is 9.32. The van der Waals surface area contributed by atoms with Gasteiger partial charge in [-0.15, -0.1) is 0 Å². The number of aromatic hydroxyl groups is 1. The number of benzene rings is 2. The second-order valence-corrected chi connectivity index (χ2v) is 19.2. The van der Waals surface area contributed by atoms with Gasteiger partial charge in [0.15, 0.2) is 0 Å². The van der Waals surface area contributed by atoms with Crippen molar-refractivity contribution in [2.75, 3.05) is 40.3 Å². The number of aryl methyl sites for hydroxylation is 1. The number of ether oxygens (including phenoxy) is 1. The van der Waals surface area contributed by atoms with Crippen LogP contribution in [0.4, 0.5) is 0 Å². The summed E-state index contributed by atoms with van der Waals surface area (Å²) >= 11 is 0. The molecule has 2 fully saturated rings. The highest BCUT2D eigenvalue weighted by Gasteiger charge is 2.39. The van der Waals surface area contributed by atoms with Gasteiger partial charge in [0, 0.05) is 68.2 Å². The molecular weight excluding hydrogens is 813 g/mol.